The van der Waals surface area contributed by atoms with Crippen molar-refractivity contribution in [1.29, 1.82) is 0 Å². The van der Waals surface area contributed by atoms with Crippen molar-refractivity contribution < 1.29 is 13.9 Å². The summed E-state index contributed by atoms with van der Waals surface area (Å²) >= 11 is 0. The normalized spacial score (nSPS) is 22.5. The molecule has 1 fully saturated rings. The lowest BCUT2D eigenvalue weighted by Gasteiger charge is -2.26. The van der Waals surface area contributed by atoms with Crippen LogP contribution in [0.2, 0.25) is 0 Å². The molecule has 2 aromatic heterocycles. The van der Waals surface area contributed by atoms with Gasteiger partial charge < -0.3 is 9.52 Å². The van der Waals surface area contributed by atoms with Gasteiger partial charge in [0.1, 0.15) is 17.5 Å². The number of nitrogens with zero attached hydrogens (tertiary/aromatic N) is 3. The van der Waals surface area contributed by atoms with E-state index in [0.29, 0.717) is 41.1 Å². The molecule has 1 aromatic carbocycles. The highest BCUT2D eigenvalue weighted by molar-refractivity contribution is 5.94. The molecule has 2 atom stereocenters. The van der Waals surface area contributed by atoms with Crippen LogP contribution in [0.3, 0.4) is 0 Å². The fraction of sp³-hybridized carbons (Fsp3) is 0.348. The molecule has 0 radical (unpaired) electrons. The van der Waals surface area contributed by atoms with Gasteiger partial charge in [-0.15, -0.1) is 10.2 Å². The summed E-state index contributed by atoms with van der Waals surface area (Å²) in [6, 6.07) is 7.53. The maximum atomic E-state index is 14.4. The highest BCUT2D eigenvalue weighted by atomic mass is 19.1. The zero-order valence-corrected chi connectivity index (χ0v) is 16.2. The van der Waals surface area contributed by atoms with Crippen LogP contribution >= 0.6 is 0 Å². The molecule has 5 nitrogen and oxygen atoms in total. The van der Waals surface area contributed by atoms with Crippen LogP contribution in [0, 0.1) is 12.8 Å². The monoisotopic (exact) mass is 391 g/mol. The summed E-state index contributed by atoms with van der Waals surface area (Å²) in [5.41, 5.74) is 4.06. The van der Waals surface area contributed by atoms with Gasteiger partial charge in [0, 0.05) is 17.8 Å². The molecule has 0 saturated heterocycles. The average Bonchev–Trinajstić information content (AvgIpc) is 3.28. The largest absolute Gasteiger partial charge is 0.504 e. The number of furan rings is 1. The van der Waals surface area contributed by atoms with Gasteiger partial charge >= 0.3 is 0 Å². The Morgan fingerprint density at radius 3 is 2.93 bits per heavy atom. The summed E-state index contributed by atoms with van der Waals surface area (Å²) < 4.78 is 20.5. The van der Waals surface area contributed by atoms with E-state index in [1.807, 2.05) is 31.2 Å². The number of aromatic nitrogens is 1. The molecular weight excluding hydrogens is 369 g/mol. The first-order valence-electron chi connectivity index (χ1n) is 10.1. The number of halogens is 1. The topological polar surface area (TPSA) is 71.0 Å². The SMILES string of the molecule is Cc1ccc2c(O)c(C=C3N=Nc4ncccc43)oc2c1CC1CCCC[C@@H]1F. The number of pyridine rings is 1. The first-order valence-corrected chi connectivity index (χ1v) is 10.1. The standard InChI is InChI=1S/C23H22FN3O2/c1-13-8-9-16-21(28)20(12-19-15-6-4-10-25-23(15)27-26-19)29-22(16)17(13)11-14-5-2-3-7-18(14)24/h4,6,8-10,12,14,18,28H,2-3,5,7,11H2,1H3/t14?,18-/m0/s1. The van der Waals surface area contributed by atoms with Gasteiger partial charge in [0.05, 0.1) is 5.39 Å². The molecule has 0 bridgehead atoms. The van der Waals surface area contributed by atoms with Crippen LogP contribution in [0.5, 0.6) is 5.75 Å². The van der Waals surface area contributed by atoms with Crippen molar-refractivity contribution in [3.63, 3.8) is 0 Å². The molecule has 3 heterocycles. The Balaban J connectivity index is 1.57. The van der Waals surface area contributed by atoms with E-state index < -0.39 is 6.17 Å². The van der Waals surface area contributed by atoms with E-state index in [-0.39, 0.29) is 11.7 Å². The predicted octanol–water partition coefficient (Wildman–Crippen LogP) is 6.51. The molecule has 1 aliphatic heterocycles. The summed E-state index contributed by atoms with van der Waals surface area (Å²) in [5, 5.41) is 19.6. The molecule has 6 heteroatoms. The molecule has 0 spiro atoms. The minimum atomic E-state index is -0.772. The summed E-state index contributed by atoms with van der Waals surface area (Å²) in [7, 11) is 0. The number of aromatic hydroxyl groups is 1. The molecule has 0 amide bonds. The highest BCUT2D eigenvalue weighted by Gasteiger charge is 2.27. The zero-order valence-electron chi connectivity index (χ0n) is 16.2. The lowest BCUT2D eigenvalue weighted by atomic mass is 9.82. The van der Waals surface area contributed by atoms with Crippen molar-refractivity contribution in [3.8, 4) is 5.75 Å². The molecule has 1 aliphatic carbocycles. The van der Waals surface area contributed by atoms with Crippen LogP contribution in [0.15, 0.2) is 45.1 Å². The average molecular weight is 391 g/mol. The molecule has 5 rings (SSSR count). The van der Waals surface area contributed by atoms with Crippen LogP contribution in [-0.2, 0) is 6.42 Å². The van der Waals surface area contributed by atoms with E-state index in [0.717, 1.165) is 36.0 Å². The van der Waals surface area contributed by atoms with Crippen LogP contribution in [0.4, 0.5) is 10.2 Å². The van der Waals surface area contributed by atoms with Crippen molar-refractivity contribution in [3.05, 3.63) is 52.9 Å². The number of hydrogen-bond donors (Lipinski definition) is 1. The number of fused-ring (bicyclic) bond motifs is 2. The highest BCUT2D eigenvalue weighted by Crippen LogP contribution is 2.41. The lowest BCUT2D eigenvalue weighted by Crippen LogP contribution is -2.23. The molecule has 148 valence electrons. The van der Waals surface area contributed by atoms with E-state index in [9.17, 15) is 9.50 Å². The lowest BCUT2D eigenvalue weighted by molar-refractivity contribution is 0.165. The van der Waals surface area contributed by atoms with Crippen molar-refractivity contribution in [2.75, 3.05) is 0 Å². The van der Waals surface area contributed by atoms with Gasteiger partial charge in [0.15, 0.2) is 17.3 Å². The van der Waals surface area contributed by atoms with Gasteiger partial charge in [0.25, 0.3) is 0 Å². The number of azo groups is 1. The van der Waals surface area contributed by atoms with E-state index in [4.69, 9.17) is 4.42 Å². The number of rotatable bonds is 3. The minimum Gasteiger partial charge on any atom is -0.504 e. The van der Waals surface area contributed by atoms with Gasteiger partial charge in [0.2, 0.25) is 0 Å². The van der Waals surface area contributed by atoms with E-state index in [1.165, 1.54) is 0 Å². The van der Waals surface area contributed by atoms with Gasteiger partial charge in [-0.1, -0.05) is 18.9 Å². The van der Waals surface area contributed by atoms with E-state index in [2.05, 4.69) is 15.2 Å². The van der Waals surface area contributed by atoms with E-state index in [1.54, 1.807) is 12.3 Å². The first-order chi connectivity index (χ1) is 14.1. The molecule has 1 saturated carbocycles. The van der Waals surface area contributed by atoms with Crippen molar-refractivity contribution in [1.82, 2.24) is 4.98 Å². The third kappa shape index (κ3) is 3.12. The van der Waals surface area contributed by atoms with Crippen LogP contribution in [0.1, 0.15) is 48.1 Å². The quantitative estimate of drug-likeness (QED) is 0.553. The smallest absolute Gasteiger partial charge is 0.183 e. The molecular formula is C23H22FN3O2. The fourth-order valence-corrected chi connectivity index (χ4v) is 4.39. The van der Waals surface area contributed by atoms with Crippen LogP contribution < -0.4 is 0 Å². The second kappa shape index (κ2) is 7.10. The Labute approximate surface area is 168 Å². The summed E-state index contributed by atoms with van der Waals surface area (Å²) in [4.78, 5) is 4.18. The third-order valence-corrected chi connectivity index (χ3v) is 6.06. The summed E-state index contributed by atoms with van der Waals surface area (Å²) in [5.74, 6) is 0.959. The minimum absolute atomic E-state index is 0.00341. The van der Waals surface area contributed by atoms with Gasteiger partial charge in [-0.05, 0) is 61.4 Å². The molecule has 2 aliphatic rings. The Morgan fingerprint density at radius 1 is 1.21 bits per heavy atom. The van der Waals surface area contributed by atoms with Crippen LogP contribution in [-0.4, -0.2) is 16.3 Å². The summed E-state index contributed by atoms with van der Waals surface area (Å²) in [6.45, 7) is 2.01. The maximum absolute atomic E-state index is 14.4. The van der Waals surface area contributed by atoms with Crippen molar-refractivity contribution in [2.24, 2.45) is 16.1 Å². The molecule has 3 aromatic rings. The molecule has 1 N–H and O–H groups in total. The number of aryl methyl sites for hydroxylation is 1. The first kappa shape index (κ1) is 18.0. The predicted molar refractivity (Wildman–Crippen MR) is 110 cm³/mol. The number of alkyl halides is 1. The van der Waals surface area contributed by atoms with Crippen molar-refractivity contribution in [2.45, 2.75) is 45.2 Å². The van der Waals surface area contributed by atoms with Gasteiger partial charge in [-0.3, -0.25) is 0 Å². The van der Waals surface area contributed by atoms with E-state index >= 15 is 0 Å². The van der Waals surface area contributed by atoms with Crippen molar-refractivity contribution >= 4 is 28.6 Å². The Hall–Kier alpha value is -3.02. The number of hydrogen-bond acceptors (Lipinski definition) is 5. The third-order valence-electron chi connectivity index (χ3n) is 6.06. The second-order valence-electron chi connectivity index (χ2n) is 7.92. The number of benzene rings is 1. The fourth-order valence-electron chi connectivity index (χ4n) is 4.39. The second-order valence-corrected chi connectivity index (χ2v) is 7.92. The maximum Gasteiger partial charge on any atom is 0.183 e. The van der Waals surface area contributed by atoms with Gasteiger partial charge in [-0.25, -0.2) is 9.37 Å². The molecule has 29 heavy (non-hydrogen) atoms. The zero-order chi connectivity index (χ0) is 20.0. The molecule has 1 unspecified atom stereocenters. The van der Waals surface area contributed by atoms with Gasteiger partial charge in [-0.2, -0.15) is 0 Å². The Kier molecular flexibility index (Phi) is 4.42. The Bertz CT molecular complexity index is 1150. The summed E-state index contributed by atoms with van der Waals surface area (Å²) in [6.07, 6.45) is 6.77. The Morgan fingerprint density at radius 2 is 2.07 bits per heavy atom. The van der Waals surface area contributed by atoms with Crippen LogP contribution in [0.25, 0.3) is 22.7 Å².